The molecule has 0 atom stereocenters. The van der Waals surface area contributed by atoms with Crippen molar-refractivity contribution in [2.75, 3.05) is 7.11 Å². The maximum absolute atomic E-state index is 12.4. The van der Waals surface area contributed by atoms with E-state index in [2.05, 4.69) is 9.72 Å². The second kappa shape index (κ2) is 3.38. The number of nitrogens with zero attached hydrogens (tertiary/aromatic N) is 1. The topological polar surface area (TPSA) is 73.3 Å². The Bertz CT molecular complexity index is 423. The normalized spacial score (nSPS) is 11.2. The van der Waals surface area contributed by atoms with E-state index in [0.29, 0.717) is 11.3 Å². The lowest BCUT2D eigenvalue weighted by molar-refractivity contribution is 0.0590. The standard InChI is InChI=1S/C5H4FNO4S2/c1-11-4(8)3-5(12-2-7-3)13(6,9)10/h2H,1H3. The molecule has 0 unspecified atom stereocenters. The number of thiazole rings is 1. The van der Waals surface area contributed by atoms with Gasteiger partial charge in [0.05, 0.1) is 12.6 Å². The molecule has 1 aromatic rings. The summed E-state index contributed by atoms with van der Waals surface area (Å²) in [4.78, 5) is 14.2. The molecule has 0 aliphatic heterocycles. The van der Waals surface area contributed by atoms with Crippen LogP contribution in [0.1, 0.15) is 10.5 Å². The lowest BCUT2D eigenvalue weighted by Crippen LogP contribution is -2.06. The summed E-state index contributed by atoms with van der Waals surface area (Å²) < 4.78 is 36.8. The Kier molecular flexibility index (Phi) is 2.62. The smallest absolute Gasteiger partial charge is 0.359 e. The van der Waals surface area contributed by atoms with Gasteiger partial charge < -0.3 is 4.74 Å². The lowest BCUT2D eigenvalue weighted by atomic mass is 10.5. The number of hydrogen-bond acceptors (Lipinski definition) is 6. The van der Waals surface area contributed by atoms with Crippen LogP contribution in [0.25, 0.3) is 0 Å². The van der Waals surface area contributed by atoms with Crippen molar-refractivity contribution in [2.45, 2.75) is 4.21 Å². The molecule has 13 heavy (non-hydrogen) atoms. The first-order valence-corrected chi connectivity index (χ1v) is 5.19. The van der Waals surface area contributed by atoms with Crippen molar-refractivity contribution < 1.29 is 21.8 Å². The molecule has 0 amide bonds. The largest absolute Gasteiger partial charge is 0.464 e. The van der Waals surface area contributed by atoms with Gasteiger partial charge in [-0.15, -0.1) is 11.3 Å². The fraction of sp³-hybridized carbons (Fsp3) is 0.200. The quantitative estimate of drug-likeness (QED) is 0.544. The van der Waals surface area contributed by atoms with Gasteiger partial charge in [0.2, 0.25) is 0 Å². The van der Waals surface area contributed by atoms with Crippen LogP contribution in [0.4, 0.5) is 3.89 Å². The van der Waals surface area contributed by atoms with Crippen LogP contribution in [0, 0.1) is 0 Å². The van der Waals surface area contributed by atoms with Crippen LogP contribution >= 0.6 is 11.3 Å². The number of hydrogen-bond donors (Lipinski definition) is 0. The Morgan fingerprint density at radius 2 is 2.31 bits per heavy atom. The second-order valence-electron chi connectivity index (χ2n) is 1.92. The van der Waals surface area contributed by atoms with E-state index in [4.69, 9.17) is 0 Å². The number of esters is 1. The van der Waals surface area contributed by atoms with Crippen LogP contribution in [0.15, 0.2) is 9.72 Å². The fourth-order valence-electron chi connectivity index (χ4n) is 0.641. The van der Waals surface area contributed by atoms with Gasteiger partial charge in [-0.25, -0.2) is 9.78 Å². The molecule has 0 spiro atoms. The predicted octanol–water partition coefficient (Wildman–Crippen LogP) is 0.588. The van der Waals surface area contributed by atoms with Gasteiger partial charge in [-0.2, -0.15) is 8.42 Å². The van der Waals surface area contributed by atoms with Crippen molar-refractivity contribution in [1.82, 2.24) is 4.98 Å². The molecule has 0 N–H and O–H groups in total. The highest BCUT2D eigenvalue weighted by Gasteiger charge is 2.25. The molecular formula is C5H4FNO4S2. The molecule has 1 heterocycles. The third-order valence-electron chi connectivity index (χ3n) is 1.14. The van der Waals surface area contributed by atoms with E-state index in [0.717, 1.165) is 12.6 Å². The molecule has 72 valence electrons. The second-order valence-corrected chi connectivity index (χ2v) is 4.31. The molecule has 0 radical (unpaired) electrons. The predicted molar refractivity (Wildman–Crippen MR) is 41.7 cm³/mol. The minimum atomic E-state index is -4.89. The average molecular weight is 225 g/mol. The average Bonchev–Trinajstić information content (AvgIpc) is 2.49. The molecule has 5 nitrogen and oxygen atoms in total. The molecule has 0 saturated heterocycles. The number of carbonyl (C=O) groups excluding carboxylic acids is 1. The minimum Gasteiger partial charge on any atom is -0.464 e. The van der Waals surface area contributed by atoms with Crippen LogP contribution in [0.5, 0.6) is 0 Å². The molecule has 0 saturated carbocycles. The summed E-state index contributed by atoms with van der Waals surface area (Å²) >= 11 is 0.525. The Balaban J connectivity index is 3.26. The summed E-state index contributed by atoms with van der Waals surface area (Å²) in [6.07, 6.45) is 0. The third-order valence-corrected chi connectivity index (χ3v) is 3.28. The van der Waals surface area contributed by atoms with Crippen molar-refractivity contribution in [3.05, 3.63) is 11.2 Å². The number of carbonyl (C=O) groups is 1. The molecule has 1 aromatic heterocycles. The van der Waals surface area contributed by atoms with Crippen molar-refractivity contribution in [2.24, 2.45) is 0 Å². The molecule has 0 fully saturated rings. The van der Waals surface area contributed by atoms with Crippen LogP contribution < -0.4 is 0 Å². The van der Waals surface area contributed by atoms with E-state index < -0.39 is 26.1 Å². The highest BCUT2D eigenvalue weighted by Crippen LogP contribution is 2.22. The van der Waals surface area contributed by atoms with E-state index in [1.807, 2.05) is 0 Å². The summed E-state index contributed by atoms with van der Waals surface area (Å²) in [6, 6.07) is 0. The molecule has 8 heteroatoms. The zero-order valence-corrected chi connectivity index (χ0v) is 7.99. The van der Waals surface area contributed by atoms with E-state index in [1.54, 1.807) is 0 Å². The van der Waals surface area contributed by atoms with Gasteiger partial charge in [0.25, 0.3) is 0 Å². The zero-order valence-electron chi connectivity index (χ0n) is 6.35. The molecule has 0 aliphatic carbocycles. The van der Waals surface area contributed by atoms with Crippen LogP contribution in [-0.4, -0.2) is 26.5 Å². The van der Waals surface area contributed by atoms with Crippen LogP contribution in [0.3, 0.4) is 0 Å². The minimum absolute atomic E-state index is 0.519. The van der Waals surface area contributed by atoms with Crippen molar-refractivity contribution in [1.29, 1.82) is 0 Å². The Morgan fingerprint density at radius 3 is 2.77 bits per heavy atom. The maximum Gasteiger partial charge on any atom is 0.359 e. The van der Waals surface area contributed by atoms with Gasteiger partial charge in [-0.1, -0.05) is 3.89 Å². The van der Waals surface area contributed by atoms with E-state index >= 15 is 0 Å². The molecule has 1 rings (SSSR count). The first kappa shape index (κ1) is 10.1. The van der Waals surface area contributed by atoms with Gasteiger partial charge in [0, 0.05) is 0 Å². The van der Waals surface area contributed by atoms with E-state index in [1.165, 1.54) is 0 Å². The SMILES string of the molecule is COC(=O)c1ncsc1S(=O)(=O)F. The Hall–Kier alpha value is -1.02. The van der Waals surface area contributed by atoms with Crippen molar-refractivity contribution in [3.8, 4) is 0 Å². The lowest BCUT2D eigenvalue weighted by Gasteiger charge is -1.94. The molecule has 0 aromatic carbocycles. The number of aromatic nitrogens is 1. The van der Waals surface area contributed by atoms with E-state index in [-0.39, 0.29) is 0 Å². The van der Waals surface area contributed by atoms with Crippen LogP contribution in [-0.2, 0) is 15.0 Å². The Labute approximate surface area is 77.4 Å². The van der Waals surface area contributed by atoms with Gasteiger partial charge in [-0.05, 0) is 0 Å². The van der Waals surface area contributed by atoms with Gasteiger partial charge in [0.1, 0.15) is 0 Å². The number of methoxy groups -OCH3 is 1. The van der Waals surface area contributed by atoms with Gasteiger partial charge >= 0.3 is 16.2 Å². The molecule has 0 bridgehead atoms. The molecule has 0 aliphatic rings. The molecular weight excluding hydrogens is 221 g/mol. The summed E-state index contributed by atoms with van der Waals surface area (Å²) in [5, 5.41) is 0. The summed E-state index contributed by atoms with van der Waals surface area (Å²) in [5.74, 6) is -0.975. The third kappa shape index (κ3) is 2.01. The fourth-order valence-corrected chi connectivity index (χ4v) is 2.10. The maximum atomic E-state index is 12.4. The number of rotatable bonds is 2. The Morgan fingerprint density at radius 1 is 1.69 bits per heavy atom. The highest BCUT2D eigenvalue weighted by atomic mass is 32.3. The summed E-state index contributed by atoms with van der Waals surface area (Å²) in [7, 11) is -3.84. The zero-order chi connectivity index (χ0) is 10.1. The number of ether oxygens (including phenoxy) is 1. The van der Waals surface area contributed by atoms with Crippen LogP contribution in [0.2, 0.25) is 0 Å². The summed E-state index contributed by atoms with van der Waals surface area (Å²) in [6.45, 7) is 0. The van der Waals surface area contributed by atoms with Crippen molar-refractivity contribution >= 4 is 27.5 Å². The highest BCUT2D eigenvalue weighted by molar-refractivity contribution is 7.88. The first-order chi connectivity index (χ1) is 5.96. The van der Waals surface area contributed by atoms with Gasteiger partial charge in [-0.3, -0.25) is 0 Å². The number of halogens is 1. The monoisotopic (exact) mass is 225 g/mol. The van der Waals surface area contributed by atoms with Gasteiger partial charge in [0.15, 0.2) is 9.90 Å². The first-order valence-electron chi connectivity index (χ1n) is 2.93. The van der Waals surface area contributed by atoms with Crippen molar-refractivity contribution in [3.63, 3.8) is 0 Å². The van der Waals surface area contributed by atoms with E-state index in [9.17, 15) is 17.1 Å². The summed E-state index contributed by atoms with van der Waals surface area (Å²) in [5.41, 5.74) is 0.536.